The van der Waals surface area contributed by atoms with E-state index in [9.17, 15) is 0 Å². The summed E-state index contributed by atoms with van der Waals surface area (Å²) in [7, 11) is -1.44. The first-order chi connectivity index (χ1) is 7.01. The molecule has 15 heavy (non-hydrogen) atoms. The fourth-order valence-corrected chi connectivity index (χ4v) is 2.88. The molecule has 0 heterocycles. The van der Waals surface area contributed by atoms with E-state index in [-0.39, 0.29) is 0 Å². The number of allylic oxidation sites excluding steroid dienone is 2. The summed E-state index contributed by atoms with van der Waals surface area (Å²) in [6, 6.07) is 2.22. The topological polar surface area (TPSA) is 33.0 Å². The zero-order chi connectivity index (χ0) is 11.3. The van der Waals surface area contributed by atoms with Crippen LogP contribution in [0.15, 0.2) is 11.8 Å². The SMILES string of the molecule is C[Si](C)(C)OC1=CC(CCC#N)CCC1. The fraction of sp³-hybridized carbons (Fsp3) is 0.750. The molecule has 0 fully saturated rings. The molecule has 1 rings (SSSR count). The van der Waals surface area contributed by atoms with Crippen LogP contribution < -0.4 is 0 Å². The summed E-state index contributed by atoms with van der Waals surface area (Å²) in [5.74, 6) is 1.76. The predicted molar refractivity (Wildman–Crippen MR) is 64.7 cm³/mol. The maximum absolute atomic E-state index is 8.55. The van der Waals surface area contributed by atoms with E-state index in [0.717, 1.165) is 12.8 Å². The summed E-state index contributed by atoms with van der Waals surface area (Å²) in [6.07, 6.45) is 7.45. The third-order valence-corrected chi connectivity index (χ3v) is 3.36. The highest BCUT2D eigenvalue weighted by molar-refractivity contribution is 6.70. The lowest BCUT2D eigenvalue weighted by Crippen LogP contribution is -2.26. The smallest absolute Gasteiger partial charge is 0.241 e. The van der Waals surface area contributed by atoms with Crippen LogP contribution in [-0.2, 0) is 4.43 Å². The monoisotopic (exact) mass is 223 g/mol. The highest BCUT2D eigenvalue weighted by Crippen LogP contribution is 2.28. The normalized spacial score (nSPS) is 21.7. The van der Waals surface area contributed by atoms with E-state index < -0.39 is 8.32 Å². The van der Waals surface area contributed by atoms with Crippen molar-refractivity contribution in [3.63, 3.8) is 0 Å². The van der Waals surface area contributed by atoms with Crippen molar-refractivity contribution in [1.29, 1.82) is 5.26 Å². The Morgan fingerprint density at radius 2 is 2.27 bits per heavy atom. The molecule has 1 aliphatic rings. The Bertz CT molecular complexity index is 272. The molecule has 0 saturated carbocycles. The van der Waals surface area contributed by atoms with Gasteiger partial charge in [0, 0.05) is 12.8 Å². The Hall–Kier alpha value is -0.753. The van der Waals surface area contributed by atoms with E-state index >= 15 is 0 Å². The summed E-state index contributed by atoms with van der Waals surface area (Å²) in [5.41, 5.74) is 0. The highest BCUT2D eigenvalue weighted by atomic mass is 28.4. The molecule has 0 aliphatic heterocycles. The van der Waals surface area contributed by atoms with Gasteiger partial charge in [-0.25, -0.2) is 0 Å². The summed E-state index contributed by atoms with van der Waals surface area (Å²) in [4.78, 5) is 0. The lowest BCUT2D eigenvalue weighted by molar-refractivity contribution is 0.353. The van der Waals surface area contributed by atoms with Gasteiger partial charge >= 0.3 is 0 Å². The van der Waals surface area contributed by atoms with Crippen LogP contribution in [0.3, 0.4) is 0 Å². The highest BCUT2D eigenvalue weighted by Gasteiger charge is 2.21. The van der Waals surface area contributed by atoms with Gasteiger partial charge in [0.2, 0.25) is 8.32 Å². The standard InChI is InChI=1S/C12H21NOSi/c1-15(2,3)14-12-8-4-6-11(10-12)7-5-9-13/h10-11H,4-8H2,1-3H3. The van der Waals surface area contributed by atoms with Gasteiger partial charge in [0.15, 0.2) is 0 Å². The van der Waals surface area contributed by atoms with Crippen LogP contribution in [0, 0.1) is 17.2 Å². The van der Waals surface area contributed by atoms with Gasteiger partial charge in [0.25, 0.3) is 0 Å². The van der Waals surface area contributed by atoms with Gasteiger partial charge in [-0.15, -0.1) is 0 Å². The van der Waals surface area contributed by atoms with Crippen molar-refractivity contribution < 1.29 is 4.43 Å². The lowest BCUT2D eigenvalue weighted by Gasteiger charge is -2.26. The second-order valence-corrected chi connectivity index (χ2v) is 9.63. The van der Waals surface area contributed by atoms with Gasteiger partial charge in [-0.2, -0.15) is 5.26 Å². The molecule has 1 atom stereocenters. The quantitative estimate of drug-likeness (QED) is 0.679. The first-order valence-electron chi connectivity index (χ1n) is 5.78. The minimum atomic E-state index is -1.44. The average Bonchev–Trinajstić information content (AvgIpc) is 2.12. The molecule has 1 aliphatic carbocycles. The first kappa shape index (κ1) is 12.3. The van der Waals surface area contributed by atoms with Gasteiger partial charge < -0.3 is 4.43 Å². The van der Waals surface area contributed by atoms with E-state index in [1.807, 2.05) is 0 Å². The lowest BCUT2D eigenvalue weighted by atomic mass is 9.91. The van der Waals surface area contributed by atoms with Gasteiger partial charge in [0.1, 0.15) is 0 Å². The number of hydrogen-bond acceptors (Lipinski definition) is 2. The molecule has 84 valence electrons. The van der Waals surface area contributed by atoms with E-state index in [1.54, 1.807) is 0 Å². The molecule has 0 aromatic rings. The zero-order valence-electron chi connectivity index (χ0n) is 10.0. The fourth-order valence-electron chi connectivity index (χ4n) is 1.92. The van der Waals surface area contributed by atoms with Gasteiger partial charge in [-0.3, -0.25) is 0 Å². The van der Waals surface area contributed by atoms with Crippen molar-refractivity contribution in [1.82, 2.24) is 0 Å². The zero-order valence-corrected chi connectivity index (χ0v) is 11.0. The van der Waals surface area contributed by atoms with E-state index in [4.69, 9.17) is 9.69 Å². The Morgan fingerprint density at radius 3 is 2.87 bits per heavy atom. The second kappa shape index (κ2) is 5.36. The number of hydrogen-bond donors (Lipinski definition) is 0. The van der Waals surface area contributed by atoms with Crippen molar-refractivity contribution in [2.45, 2.75) is 51.7 Å². The summed E-state index contributed by atoms with van der Waals surface area (Å²) in [5, 5.41) is 8.55. The molecule has 2 nitrogen and oxygen atoms in total. The van der Waals surface area contributed by atoms with Crippen LogP contribution in [0.2, 0.25) is 19.6 Å². The Kier molecular flexibility index (Phi) is 4.40. The Labute approximate surface area is 94.1 Å². The van der Waals surface area contributed by atoms with Gasteiger partial charge in [-0.1, -0.05) is 0 Å². The summed E-state index contributed by atoms with van der Waals surface area (Å²) >= 11 is 0. The van der Waals surface area contributed by atoms with Gasteiger partial charge in [0.05, 0.1) is 11.8 Å². The third-order valence-electron chi connectivity index (χ3n) is 2.48. The number of rotatable bonds is 4. The Balaban J connectivity index is 2.50. The summed E-state index contributed by atoms with van der Waals surface area (Å²) < 4.78 is 6.01. The minimum absolute atomic E-state index is 0.574. The van der Waals surface area contributed by atoms with Crippen molar-refractivity contribution in [3.05, 3.63) is 11.8 Å². The Morgan fingerprint density at radius 1 is 1.53 bits per heavy atom. The van der Waals surface area contributed by atoms with Crippen LogP contribution in [0.1, 0.15) is 32.1 Å². The van der Waals surface area contributed by atoms with Crippen LogP contribution in [0.4, 0.5) is 0 Å². The largest absolute Gasteiger partial charge is 0.548 e. The second-order valence-electron chi connectivity index (χ2n) is 5.20. The number of nitrogens with zero attached hydrogens (tertiary/aromatic N) is 1. The summed E-state index contributed by atoms with van der Waals surface area (Å²) in [6.45, 7) is 6.65. The molecule has 0 aromatic carbocycles. The van der Waals surface area contributed by atoms with Crippen LogP contribution in [-0.4, -0.2) is 8.32 Å². The van der Waals surface area contributed by atoms with Crippen LogP contribution in [0.5, 0.6) is 0 Å². The molecule has 0 radical (unpaired) electrons. The van der Waals surface area contributed by atoms with E-state index in [2.05, 4.69) is 31.8 Å². The first-order valence-corrected chi connectivity index (χ1v) is 9.19. The minimum Gasteiger partial charge on any atom is -0.548 e. The number of nitriles is 1. The molecular formula is C12H21NOSi. The molecule has 0 aromatic heterocycles. The van der Waals surface area contributed by atoms with Gasteiger partial charge in [-0.05, 0) is 50.9 Å². The molecular weight excluding hydrogens is 202 g/mol. The molecule has 3 heteroatoms. The molecule has 0 N–H and O–H groups in total. The maximum atomic E-state index is 8.55. The molecule has 0 bridgehead atoms. The molecule has 0 amide bonds. The van der Waals surface area contributed by atoms with Crippen LogP contribution in [0.25, 0.3) is 0 Å². The van der Waals surface area contributed by atoms with Crippen LogP contribution >= 0.6 is 0 Å². The van der Waals surface area contributed by atoms with Crippen molar-refractivity contribution >= 4 is 8.32 Å². The average molecular weight is 223 g/mol. The van der Waals surface area contributed by atoms with Crippen molar-refractivity contribution in [2.75, 3.05) is 0 Å². The van der Waals surface area contributed by atoms with E-state index in [0.29, 0.717) is 12.3 Å². The molecule has 0 saturated heterocycles. The molecule has 1 unspecified atom stereocenters. The molecule has 0 spiro atoms. The van der Waals surface area contributed by atoms with Crippen molar-refractivity contribution in [3.8, 4) is 6.07 Å². The predicted octanol–water partition coefficient (Wildman–Crippen LogP) is 3.83. The van der Waals surface area contributed by atoms with Crippen molar-refractivity contribution in [2.24, 2.45) is 5.92 Å². The maximum Gasteiger partial charge on any atom is 0.241 e. The third kappa shape index (κ3) is 5.03. The van der Waals surface area contributed by atoms with E-state index in [1.165, 1.54) is 18.6 Å².